The van der Waals surface area contributed by atoms with Crippen molar-refractivity contribution in [3.63, 3.8) is 0 Å². The third kappa shape index (κ3) is 10.2. The third-order valence-corrected chi connectivity index (χ3v) is 0.619. The van der Waals surface area contributed by atoms with Crippen LogP contribution in [0.4, 0.5) is 0 Å². The van der Waals surface area contributed by atoms with Gasteiger partial charge in [0.05, 0.1) is 12.0 Å². The van der Waals surface area contributed by atoms with E-state index in [4.69, 9.17) is 10.4 Å². The quantitative estimate of drug-likeness (QED) is 0.146. The Hall–Kier alpha value is 1.19. The van der Waals surface area contributed by atoms with E-state index in [0.29, 0.717) is 12.0 Å². The molecule has 0 heterocycles. The van der Waals surface area contributed by atoms with E-state index in [1.165, 1.54) is 6.92 Å². The predicted octanol–water partition coefficient (Wildman–Crippen LogP) is -3.80. The topological polar surface area (TPSA) is 61.8 Å². The van der Waals surface area contributed by atoms with Crippen molar-refractivity contribution in [2.24, 2.45) is 0 Å². The fourth-order valence-electron chi connectivity index (χ4n) is 0.0729. The SMILES string of the molecule is CC(O)SOO[O-].[Na+]. The normalized spacial score (nSPS) is 12.4. The standard InChI is InChI=1S/C2H6O4S.Na/c1-2(3)7-6-5-4;/h2-4H,1H3;/q;+1/p-1. The summed E-state index contributed by atoms with van der Waals surface area (Å²) in [6.07, 6.45) is 0. The van der Waals surface area contributed by atoms with Crippen molar-refractivity contribution in [3.8, 4) is 0 Å². The average Bonchev–Trinajstić information content (AvgIpc) is 1.61. The first-order valence-electron chi connectivity index (χ1n) is 1.57. The monoisotopic (exact) mass is 148 g/mol. The Morgan fingerprint density at radius 1 is 1.75 bits per heavy atom. The first-order valence-corrected chi connectivity index (χ1v) is 2.38. The van der Waals surface area contributed by atoms with Crippen molar-refractivity contribution in [3.05, 3.63) is 0 Å². The molecule has 4 nitrogen and oxygen atoms in total. The molecule has 1 atom stereocenters. The fraction of sp³-hybridized carbons (Fsp3) is 1.00. The van der Waals surface area contributed by atoms with Crippen molar-refractivity contribution < 1.29 is 49.3 Å². The van der Waals surface area contributed by atoms with E-state index < -0.39 is 5.44 Å². The van der Waals surface area contributed by atoms with Crippen LogP contribution in [0.2, 0.25) is 0 Å². The third-order valence-electron chi connectivity index (χ3n) is 0.206. The van der Waals surface area contributed by atoms with Gasteiger partial charge < -0.3 is 10.4 Å². The second-order valence-electron chi connectivity index (χ2n) is 0.832. The molecule has 0 aromatic carbocycles. The van der Waals surface area contributed by atoms with Crippen molar-refractivity contribution in [1.82, 2.24) is 0 Å². The van der Waals surface area contributed by atoms with E-state index >= 15 is 0 Å². The molecule has 0 bridgehead atoms. The van der Waals surface area contributed by atoms with Gasteiger partial charge in [-0.3, -0.25) is 5.04 Å². The molecule has 6 heteroatoms. The summed E-state index contributed by atoms with van der Waals surface area (Å²) in [4.78, 5) is 0. The van der Waals surface area contributed by atoms with Gasteiger partial charge in [-0.1, -0.05) is 0 Å². The molecule has 0 aromatic heterocycles. The molecule has 8 heavy (non-hydrogen) atoms. The minimum absolute atomic E-state index is 0. The molecule has 0 aliphatic rings. The number of hydrogen-bond donors (Lipinski definition) is 1. The van der Waals surface area contributed by atoms with Crippen LogP contribution in [-0.4, -0.2) is 10.5 Å². The van der Waals surface area contributed by atoms with Crippen LogP contribution >= 0.6 is 12.0 Å². The maximum Gasteiger partial charge on any atom is 1.00 e. The van der Waals surface area contributed by atoms with Gasteiger partial charge in [-0.05, 0) is 6.92 Å². The molecule has 0 aliphatic heterocycles. The summed E-state index contributed by atoms with van der Waals surface area (Å²) in [5.41, 5.74) is -0.728. The van der Waals surface area contributed by atoms with Gasteiger partial charge in [-0.2, -0.15) is 4.33 Å². The van der Waals surface area contributed by atoms with Gasteiger partial charge in [-0.25, -0.2) is 0 Å². The van der Waals surface area contributed by atoms with Crippen LogP contribution in [0.5, 0.6) is 0 Å². The molecule has 0 saturated carbocycles. The Morgan fingerprint density at radius 2 is 2.25 bits per heavy atom. The number of hydrogen-bond acceptors (Lipinski definition) is 5. The van der Waals surface area contributed by atoms with E-state index in [2.05, 4.69) is 9.37 Å². The van der Waals surface area contributed by atoms with Crippen LogP contribution in [0.25, 0.3) is 0 Å². The van der Waals surface area contributed by atoms with Crippen molar-refractivity contribution in [1.29, 1.82) is 0 Å². The summed E-state index contributed by atoms with van der Waals surface area (Å²) in [5, 5.41) is 20.2. The summed E-state index contributed by atoms with van der Waals surface area (Å²) < 4.78 is 3.71. The molecule has 0 spiro atoms. The van der Waals surface area contributed by atoms with Crippen molar-refractivity contribution in [2.75, 3.05) is 0 Å². The number of aliphatic hydroxyl groups excluding tert-OH is 1. The van der Waals surface area contributed by atoms with Gasteiger partial charge in [0.2, 0.25) is 0 Å². The summed E-state index contributed by atoms with van der Waals surface area (Å²) in [6, 6.07) is 0. The van der Waals surface area contributed by atoms with Gasteiger partial charge in [0.25, 0.3) is 0 Å². The maximum absolute atomic E-state index is 8.98. The number of aliphatic hydroxyl groups is 1. The summed E-state index contributed by atoms with van der Waals surface area (Å²) in [6.45, 7) is 1.45. The van der Waals surface area contributed by atoms with Gasteiger partial charge in [-0.15, -0.1) is 0 Å². The van der Waals surface area contributed by atoms with Gasteiger partial charge in [0.15, 0.2) is 0 Å². The molecule has 1 unspecified atom stereocenters. The Bertz CT molecular complexity index is 43.0. The first-order chi connectivity index (χ1) is 3.27. The summed E-state index contributed by atoms with van der Waals surface area (Å²) in [5.74, 6) is 0. The maximum atomic E-state index is 8.98. The molecule has 0 fully saturated rings. The van der Waals surface area contributed by atoms with Gasteiger partial charge >= 0.3 is 29.6 Å². The second-order valence-corrected chi connectivity index (χ2v) is 1.84. The van der Waals surface area contributed by atoms with Crippen molar-refractivity contribution in [2.45, 2.75) is 12.4 Å². The van der Waals surface area contributed by atoms with Crippen LogP contribution in [0.1, 0.15) is 6.92 Å². The van der Waals surface area contributed by atoms with Crippen molar-refractivity contribution >= 4 is 12.0 Å². The zero-order valence-electron chi connectivity index (χ0n) is 4.66. The van der Waals surface area contributed by atoms with Gasteiger partial charge in [0, 0.05) is 0 Å². The molecule has 44 valence electrons. The molecule has 0 aliphatic carbocycles. The molecule has 0 radical (unpaired) electrons. The summed E-state index contributed by atoms with van der Waals surface area (Å²) in [7, 11) is 0. The molecular weight excluding hydrogens is 143 g/mol. The Balaban J connectivity index is 0. The fourth-order valence-corrected chi connectivity index (χ4v) is 0.219. The first kappa shape index (κ1) is 11.9. The molecular formula is C2H5NaO4S. The largest absolute Gasteiger partial charge is 1.00 e. The zero-order valence-corrected chi connectivity index (χ0v) is 7.47. The Morgan fingerprint density at radius 3 is 2.38 bits per heavy atom. The van der Waals surface area contributed by atoms with Crippen LogP contribution in [0.3, 0.4) is 0 Å². The second kappa shape index (κ2) is 8.19. The van der Waals surface area contributed by atoms with E-state index in [1.807, 2.05) is 0 Å². The van der Waals surface area contributed by atoms with Crippen LogP contribution < -0.4 is 34.8 Å². The molecule has 0 amide bonds. The van der Waals surface area contributed by atoms with Crippen LogP contribution in [0.15, 0.2) is 0 Å². The molecule has 0 saturated heterocycles. The predicted molar refractivity (Wildman–Crippen MR) is 21.4 cm³/mol. The average molecular weight is 148 g/mol. The molecule has 0 rings (SSSR count). The van der Waals surface area contributed by atoms with Crippen LogP contribution in [0, 0.1) is 0 Å². The van der Waals surface area contributed by atoms with E-state index in [1.54, 1.807) is 0 Å². The van der Waals surface area contributed by atoms with E-state index in [-0.39, 0.29) is 29.6 Å². The smallest absolute Gasteiger partial charge is 0.691 e. The summed E-state index contributed by atoms with van der Waals surface area (Å²) >= 11 is 0.552. The van der Waals surface area contributed by atoms with E-state index in [9.17, 15) is 0 Å². The minimum atomic E-state index is -0.728. The number of rotatable bonds is 3. The molecule has 1 N–H and O–H groups in total. The zero-order chi connectivity index (χ0) is 5.70. The Kier molecular flexibility index (Phi) is 12.2. The Labute approximate surface area is 73.5 Å². The minimum Gasteiger partial charge on any atom is -0.691 e. The van der Waals surface area contributed by atoms with Crippen LogP contribution in [-0.2, 0) is 9.37 Å². The van der Waals surface area contributed by atoms with Gasteiger partial charge in [0.1, 0.15) is 5.44 Å². The van der Waals surface area contributed by atoms with E-state index in [0.717, 1.165) is 0 Å². The molecule has 0 aromatic rings.